The molecule has 0 atom stereocenters. The molecule has 15 heteroatoms. The maximum Gasteiger partial charge on any atom is 1.00 e. The van der Waals surface area contributed by atoms with Crippen molar-refractivity contribution in [3.05, 3.63) is 142 Å². The molecule has 0 saturated heterocycles. The van der Waals surface area contributed by atoms with Gasteiger partial charge in [0, 0.05) is 38.0 Å². The quantitative estimate of drug-likeness (QED) is 0.0786. The molecule has 0 saturated carbocycles. The molecule has 0 unspecified atom stereocenters. The molecular formula is C34H31CrN6O8+. The van der Waals surface area contributed by atoms with Crippen molar-refractivity contribution in [3.8, 4) is 23.0 Å². The van der Waals surface area contributed by atoms with E-state index in [2.05, 4.69) is 20.5 Å². The average molecular weight is 704 g/mol. The first-order chi connectivity index (χ1) is 23.0. The van der Waals surface area contributed by atoms with Gasteiger partial charge in [0.25, 0.3) is 0 Å². The average Bonchev–Trinajstić information content (AvgIpc) is 3.05. The molecule has 0 heterocycles. The second-order valence-corrected chi connectivity index (χ2v) is 9.57. The molecule has 0 bridgehead atoms. The third-order valence-corrected chi connectivity index (χ3v) is 6.04. The fourth-order valence-electron chi connectivity index (χ4n) is 4.00. The van der Waals surface area contributed by atoms with Gasteiger partial charge >= 0.3 is 1.43 Å². The zero-order valence-electron chi connectivity index (χ0n) is 27.1. The minimum Gasteiger partial charge on any atom is -0.506 e. The van der Waals surface area contributed by atoms with Crippen LogP contribution >= 0.6 is 0 Å². The fraction of sp³-hybridized carbons (Fsp3) is 0.0588. The number of rotatable bonds is 4. The van der Waals surface area contributed by atoms with Crippen LogP contribution in [0.3, 0.4) is 0 Å². The molecule has 0 spiro atoms. The topological polar surface area (TPSA) is 217 Å². The van der Waals surface area contributed by atoms with E-state index in [4.69, 9.17) is 20.2 Å². The molecule has 0 fully saturated rings. The van der Waals surface area contributed by atoms with Gasteiger partial charge in [0.05, 0.1) is 0 Å². The fourth-order valence-corrected chi connectivity index (χ4v) is 4.00. The molecule has 6 rings (SSSR count). The number of fused-ring (bicyclic) bond motifs is 2. The van der Waals surface area contributed by atoms with Crippen molar-refractivity contribution in [1.29, 1.82) is 0 Å². The Hall–Kier alpha value is -6.43. The van der Waals surface area contributed by atoms with Gasteiger partial charge in [0.1, 0.15) is 45.7 Å². The summed E-state index contributed by atoms with van der Waals surface area (Å²) in [5, 5.41) is 76.5. The molecule has 4 N–H and O–H groups in total. The summed E-state index contributed by atoms with van der Waals surface area (Å²) in [5.41, 5.74) is 1.51. The Bertz CT molecular complexity index is 1940. The summed E-state index contributed by atoms with van der Waals surface area (Å²) in [6.45, 7) is 0. The Balaban J connectivity index is 0.000000399. The van der Waals surface area contributed by atoms with Crippen LogP contribution in [0.4, 0.5) is 22.7 Å². The van der Waals surface area contributed by atoms with Crippen molar-refractivity contribution in [2.45, 2.75) is 0 Å². The van der Waals surface area contributed by atoms with Crippen molar-refractivity contribution in [3.63, 3.8) is 0 Å². The maximum absolute atomic E-state index is 9.94. The van der Waals surface area contributed by atoms with Crippen LogP contribution in [-0.4, -0.2) is 44.4 Å². The number of nitro groups is 2. The molecule has 0 aliphatic carbocycles. The van der Waals surface area contributed by atoms with Gasteiger partial charge in [-0.15, -0.1) is 20.5 Å². The van der Waals surface area contributed by atoms with E-state index in [1.165, 1.54) is 12.1 Å². The van der Waals surface area contributed by atoms with Gasteiger partial charge in [-0.05, 0) is 47.2 Å². The van der Waals surface area contributed by atoms with E-state index in [0.29, 0.717) is 22.7 Å². The summed E-state index contributed by atoms with van der Waals surface area (Å²) in [6.07, 6.45) is 0. The Labute approximate surface area is 291 Å². The first-order valence-corrected chi connectivity index (χ1v) is 13.9. The number of phenolic OH excluding ortho intramolecular Hbond substituents is 4. The normalized spacial score (nSPS) is 10.2. The van der Waals surface area contributed by atoms with Gasteiger partial charge < -0.3 is 20.4 Å². The zero-order chi connectivity index (χ0) is 35.1. The van der Waals surface area contributed by atoms with Gasteiger partial charge in [0.15, 0.2) is 14.1 Å². The molecule has 0 aromatic heterocycles. The molecule has 14 nitrogen and oxygen atoms in total. The van der Waals surface area contributed by atoms with Crippen LogP contribution in [0.2, 0.25) is 0 Å². The summed E-state index contributed by atoms with van der Waals surface area (Å²) in [7, 11) is 1.78. The van der Waals surface area contributed by atoms with Crippen LogP contribution in [0.15, 0.2) is 142 Å². The van der Waals surface area contributed by atoms with Crippen molar-refractivity contribution < 1.29 is 49.1 Å². The SMILES string of the molecule is C[N+](=O)[O-].C[N+](=O)[O-].Oc1ccccc1N=Nc1c(O)ccc2ccccc12.Oc1ccccc1N=Nc1c(O)ccc2ccccc12.[Cr].[H+]. The summed E-state index contributed by atoms with van der Waals surface area (Å²) >= 11 is 0. The number of aromatic hydroxyl groups is 4. The molecule has 6 aromatic carbocycles. The van der Waals surface area contributed by atoms with Crippen LogP contribution in [0, 0.1) is 20.2 Å². The van der Waals surface area contributed by atoms with E-state index in [-0.39, 0.29) is 41.8 Å². The van der Waals surface area contributed by atoms with Crippen LogP contribution < -0.4 is 0 Å². The van der Waals surface area contributed by atoms with E-state index >= 15 is 0 Å². The third-order valence-electron chi connectivity index (χ3n) is 6.04. The number of benzene rings is 6. The monoisotopic (exact) mass is 703 g/mol. The first kappa shape index (κ1) is 38.8. The summed E-state index contributed by atoms with van der Waals surface area (Å²) < 4.78 is 0. The minimum absolute atomic E-state index is 0. The minimum atomic E-state index is -0.500. The zero-order valence-corrected chi connectivity index (χ0v) is 27.3. The number of para-hydroxylation sites is 2. The Morgan fingerprint density at radius 2 is 0.776 bits per heavy atom. The van der Waals surface area contributed by atoms with Crippen LogP contribution in [0.25, 0.3) is 21.5 Å². The smallest absolute Gasteiger partial charge is 0.506 e. The van der Waals surface area contributed by atoms with E-state index in [1.807, 2.05) is 60.7 Å². The van der Waals surface area contributed by atoms with Crippen molar-refractivity contribution in [2.75, 3.05) is 14.1 Å². The number of hydrogen-bond donors (Lipinski definition) is 4. The third kappa shape index (κ3) is 12.0. The summed E-state index contributed by atoms with van der Waals surface area (Å²) in [5.74, 6) is 0.220. The molecular weight excluding hydrogens is 672 g/mol. The van der Waals surface area contributed by atoms with E-state index in [9.17, 15) is 20.4 Å². The van der Waals surface area contributed by atoms with Gasteiger partial charge in [-0.1, -0.05) is 84.9 Å². The predicted molar refractivity (Wildman–Crippen MR) is 183 cm³/mol. The number of phenols is 4. The van der Waals surface area contributed by atoms with Gasteiger partial charge in [-0.25, -0.2) is 0 Å². The maximum atomic E-state index is 9.94. The van der Waals surface area contributed by atoms with Crippen LogP contribution in [0.5, 0.6) is 23.0 Å². The van der Waals surface area contributed by atoms with Gasteiger partial charge in [0.2, 0.25) is 0 Å². The predicted octanol–water partition coefficient (Wildman–Crippen LogP) is 9.23. The number of azo groups is 2. The summed E-state index contributed by atoms with van der Waals surface area (Å²) in [6, 6.07) is 35.4. The standard InChI is InChI=1S/2C16H12N2O2.2CH3NO2.Cr/c2*19-14-8-4-3-7-13(14)17-18-16-12-6-2-1-5-11(12)9-10-15(16)20;2*1-2(3)4;/h2*1-10,19-20H;2*1H3;/p+1. The molecule has 0 aliphatic rings. The van der Waals surface area contributed by atoms with E-state index in [0.717, 1.165) is 35.6 Å². The Kier molecular flexibility index (Phi) is 15.3. The summed E-state index contributed by atoms with van der Waals surface area (Å²) in [4.78, 5) is 16.6. The largest absolute Gasteiger partial charge is 1.00 e. The molecule has 0 aliphatic heterocycles. The second-order valence-electron chi connectivity index (χ2n) is 9.57. The van der Waals surface area contributed by atoms with Gasteiger partial charge in [-0.2, -0.15) is 0 Å². The van der Waals surface area contributed by atoms with Crippen molar-refractivity contribution in [2.24, 2.45) is 20.5 Å². The number of nitrogens with zero attached hydrogens (tertiary/aromatic N) is 6. The Morgan fingerprint density at radius 1 is 0.469 bits per heavy atom. The van der Waals surface area contributed by atoms with Crippen LogP contribution in [0.1, 0.15) is 1.43 Å². The van der Waals surface area contributed by atoms with Crippen molar-refractivity contribution >= 4 is 44.3 Å². The molecule has 6 aromatic rings. The number of hydrogen-bond acceptors (Lipinski definition) is 12. The van der Waals surface area contributed by atoms with Crippen LogP contribution in [-0.2, 0) is 17.4 Å². The van der Waals surface area contributed by atoms with E-state index in [1.54, 1.807) is 48.5 Å². The molecule has 0 amide bonds. The molecule has 49 heavy (non-hydrogen) atoms. The molecule has 0 radical (unpaired) electrons. The first-order valence-electron chi connectivity index (χ1n) is 13.9. The second kappa shape index (κ2) is 19.3. The van der Waals surface area contributed by atoms with Gasteiger partial charge in [-0.3, -0.25) is 20.2 Å². The Morgan fingerprint density at radius 3 is 1.12 bits per heavy atom. The van der Waals surface area contributed by atoms with Crippen molar-refractivity contribution in [1.82, 2.24) is 0 Å². The van der Waals surface area contributed by atoms with E-state index < -0.39 is 9.85 Å². The molecule has 250 valence electrons.